The van der Waals surface area contributed by atoms with Gasteiger partial charge in [0.2, 0.25) is 5.91 Å². The highest BCUT2D eigenvalue weighted by Gasteiger charge is 2.29. The van der Waals surface area contributed by atoms with Crippen LogP contribution in [0.3, 0.4) is 0 Å². The number of benzene rings is 2. The van der Waals surface area contributed by atoms with E-state index < -0.39 is 5.82 Å². The molecule has 236 valence electrons. The minimum Gasteiger partial charge on any atom is -0.490 e. The molecule has 2 aromatic carbocycles. The number of likely N-dealkylation sites (N-methyl/N-ethyl adjacent to an activating group) is 1. The van der Waals surface area contributed by atoms with E-state index in [-0.39, 0.29) is 23.1 Å². The van der Waals surface area contributed by atoms with E-state index in [1.54, 1.807) is 18.1 Å². The molecular formula is C35H32ClFN4O3S2. The van der Waals surface area contributed by atoms with E-state index in [2.05, 4.69) is 36.7 Å². The average Bonchev–Trinajstić information content (AvgIpc) is 3.71. The van der Waals surface area contributed by atoms with Crippen LogP contribution in [0.25, 0.3) is 43.2 Å². The molecule has 0 saturated carbocycles. The number of carbonyl (C=O) groups is 1. The van der Waals surface area contributed by atoms with Crippen LogP contribution in [0, 0.1) is 5.82 Å². The number of methoxy groups -OCH3 is 1. The molecule has 0 fully saturated rings. The number of amides is 1. The number of pyridine rings is 1. The maximum absolute atomic E-state index is 16.2. The minimum atomic E-state index is -0.507. The van der Waals surface area contributed by atoms with Crippen LogP contribution in [-0.4, -0.2) is 66.1 Å². The third kappa shape index (κ3) is 5.73. The van der Waals surface area contributed by atoms with Gasteiger partial charge in [-0.25, -0.2) is 14.4 Å². The zero-order chi connectivity index (χ0) is 31.9. The molecule has 0 radical (unpaired) electrons. The molecule has 5 aromatic rings. The molecule has 2 aliphatic heterocycles. The number of rotatable bonds is 8. The van der Waals surface area contributed by atoms with Crippen LogP contribution >= 0.6 is 34.3 Å². The Balaban J connectivity index is 1.46. The van der Waals surface area contributed by atoms with Gasteiger partial charge in [0, 0.05) is 64.3 Å². The van der Waals surface area contributed by atoms with Crippen molar-refractivity contribution in [3.05, 3.63) is 87.0 Å². The van der Waals surface area contributed by atoms with E-state index >= 15 is 4.39 Å². The molecule has 0 bridgehead atoms. The first-order chi connectivity index (χ1) is 22.3. The third-order valence-electron chi connectivity index (χ3n) is 8.52. The van der Waals surface area contributed by atoms with Gasteiger partial charge >= 0.3 is 0 Å². The van der Waals surface area contributed by atoms with Crippen molar-refractivity contribution in [2.45, 2.75) is 25.9 Å². The minimum absolute atomic E-state index is 0.110. The molecule has 11 heteroatoms. The Hall–Kier alpha value is -3.67. The number of aromatic nitrogens is 2. The van der Waals surface area contributed by atoms with E-state index in [0.29, 0.717) is 48.1 Å². The number of hydrogen-bond acceptors (Lipinski definition) is 8. The summed E-state index contributed by atoms with van der Waals surface area (Å²) in [5.41, 5.74) is 6.87. The molecule has 7 rings (SSSR count). The van der Waals surface area contributed by atoms with Crippen molar-refractivity contribution >= 4 is 50.3 Å². The lowest BCUT2D eigenvalue weighted by Gasteiger charge is -2.25. The van der Waals surface area contributed by atoms with E-state index in [1.807, 2.05) is 11.4 Å². The summed E-state index contributed by atoms with van der Waals surface area (Å²) in [4.78, 5) is 27.9. The van der Waals surface area contributed by atoms with Gasteiger partial charge in [-0.15, -0.1) is 22.7 Å². The first-order valence-corrected chi connectivity index (χ1v) is 17.2. The zero-order valence-corrected chi connectivity index (χ0v) is 28.0. The molecule has 5 heterocycles. The van der Waals surface area contributed by atoms with Gasteiger partial charge in [0.1, 0.15) is 28.9 Å². The van der Waals surface area contributed by atoms with Crippen LogP contribution < -0.4 is 4.74 Å². The fourth-order valence-corrected chi connectivity index (χ4v) is 8.49. The van der Waals surface area contributed by atoms with Gasteiger partial charge in [0.15, 0.2) is 0 Å². The summed E-state index contributed by atoms with van der Waals surface area (Å²) >= 11 is 9.38. The SMILES string of the molecule is C=CC(=O)N1CCc2nc(-c3nc(-c4ccc5c(c4)CCN(C)C5)c4ccsc4c3-c3c(F)cc(Cl)cc3OCCOC)sc2C1. The van der Waals surface area contributed by atoms with Crippen LogP contribution in [-0.2, 0) is 35.5 Å². The van der Waals surface area contributed by atoms with E-state index in [4.69, 9.17) is 31.0 Å². The summed E-state index contributed by atoms with van der Waals surface area (Å²) in [6, 6.07) is 11.6. The van der Waals surface area contributed by atoms with Gasteiger partial charge in [0.05, 0.1) is 30.1 Å². The van der Waals surface area contributed by atoms with Crippen molar-refractivity contribution < 1.29 is 18.7 Å². The number of fused-ring (bicyclic) bond motifs is 3. The summed E-state index contributed by atoms with van der Waals surface area (Å²) in [7, 11) is 3.73. The Bertz CT molecular complexity index is 1990. The highest BCUT2D eigenvalue weighted by molar-refractivity contribution is 7.18. The van der Waals surface area contributed by atoms with Crippen molar-refractivity contribution in [1.82, 2.24) is 19.8 Å². The molecule has 0 N–H and O–H groups in total. The van der Waals surface area contributed by atoms with Gasteiger partial charge in [-0.05, 0) is 60.3 Å². The lowest BCUT2D eigenvalue weighted by molar-refractivity contribution is -0.126. The molecule has 0 aliphatic carbocycles. The largest absolute Gasteiger partial charge is 0.490 e. The fraction of sp³-hybridized carbons (Fsp3) is 0.286. The van der Waals surface area contributed by atoms with Crippen LogP contribution in [0.5, 0.6) is 5.75 Å². The molecule has 0 atom stereocenters. The smallest absolute Gasteiger partial charge is 0.246 e. The number of thiophene rings is 1. The summed E-state index contributed by atoms with van der Waals surface area (Å²) < 4.78 is 28.4. The quantitative estimate of drug-likeness (QED) is 0.125. The molecule has 3 aromatic heterocycles. The molecule has 0 saturated heterocycles. The Morgan fingerprint density at radius 3 is 2.76 bits per heavy atom. The topological polar surface area (TPSA) is 67.8 Å². The van der Waals surface area contributed by atoms with Crippen molar-refractivity contribution in [3.63, 3.8) is 0 Å². The van der Waals surface area contributed by atoms with Crippen LogP contribution in [0.4, 0.5) is 4.39 Å². The Morgan fingerprint density at radius 2 is 1.93 bits per heavy atom. The second-order valence-corrected chi connectivity index (χ2v) is 14.0. The summed E-state index contributed by atoms with van der Waals surface area (Å²) in [6.45, 7) is 7.13. The van der Waals surface area contributed by atoms with Crippen LogP contribution in [0.1, 0.15) is 21.7 Å². The van der Waals surface area contributed by atoms with E-state index in [1.165, 1.54) is 45.9 Å². The van der Waals surface area contributed by atoms with Crippen molar-refractivity contribution in [1.29, 1.82) is 0 Å². The first kappa shape index (κ1) is 31.0. The molecular weight excluding hydrogens is 643 g/mol. The number of hydrogen-bond donors (Lipinski definition) is 0. The van der Waals surface area contributed by atoms with E-state index in [9.17, 15) is 4.79 Å². The first-order valence-electron chi connectivity index (χ1n) is 15.1. The second kappa shape index (κ2) is 12.8. The predicted octanol–water partition coefficient (Wildman–Crippen LogP) is 7.63. The fourth-order valence-electron chi connectivity index (χ4n) is 6.23. The highest BCUT2D eigenvalue weighted by atomic mass is 35.5. The molecule has 7 nitrogen and oxygen atoms in total. The van der Waals surface area contributed by atoms with Crippen LogP contribution in [0.15, 0.2) is 54.4 Å². The lowest BCUT2D eigenvalue weighted by atomic mass is 9.94. The summed E-state index contributed by atoms with van der Waals surface area (Å²) in [5.74, 6) is -0.302. The van der Waals surface area contributed by atoms with Crippen LogP contribution in [0.2, 0.25) is 5.02 Å². The highest BCUT2D eigenvalue weighted by Crippen LogP contribution is 2.49. The van der Waals surface area contributed by atoms with Gasteiger partial charge < -0.3 is 19.3 Å². The number of thiazole rings is 1. The standard InChI is InChI=1S/C35H32ClFN4O3S2/c1-4-29(42)41-11-8-26-28(19-41)46-35(38-26)33-31(30-25(37)16-23(36)17-27(30)44-13-12-43-3)34-24(9-14-45-34)32(39-33)21-5-6-22-18-40(2)10-7-20(22)15-21/h4-6,9,14-17H,1,7-8,10-13,18-19H2,2-3H3. The van der Waals surface area contributed by atoms with Gasteiger partial charge in [-0.1, -0.05) is 30.3 Å². The van der Waals surface area contributed by atoms with Crippen molar-refractivity contribution in [3.8, 4) is 38.8 Å². The monoisotopic (exact) mass is 674 g/mol. The van der Waals surface area contributed by atoms with E-state index in [0.717, 1.165) is 51.4 Å². The molecule has 1 amide bonds. The van der Waals surface area contributed by atoms with Gasteiger partial charge in [-0.3, -0.25) is 4.79 Å². The van der Waals surface area contributed by atoms with Crippen molar-refractivity contribution in [2.24, 2.45) is 0 Å². The molecule has 46 heavy (non-hydrogen) atoms. The summed E-state index contributed by atoms with van der Waals surface area (Å²) in [6.07, 6.45) is 2.93. The molecule has 0 spiro atoms. The average molecular weight is 675 g/mol. The third-order valence-corrected chi connectivity index (χ3v) is 10.8. The number of carbonyl (C=O) groups excluding carboxylic acids is 1. The number of nitrogens with zero attached hydrogens (tertiary/aromatic N) is 4. The predicted molar refractivity (Wildman–Crippen MR) is 183 cm³/mol. The molecule has 2 aliphatic rings. The normalized spacial score (nSPS) is 14.7. The summed E-state index contributed by atoms with van der Waals surface area (Å²) in [5, 5.41) is 3.85. The zero-order valence-electron chi connectivity index (χ0n) is 25.6. The maximum atomic E-state index is 16.2. The Labute approximate surface area is 279 Å². The number of halogens is 2. The number of ether oxygens (including phenoxy) is 2. The molecule has 0 unspecified atom stereocenters. The van der Waals surface area contributed by atoms with Crippen molar-refractivity contribution in [2.75, 3.05) is 40.5 Å². The Kier molecular flexibility index (Phi) is 8.65. The Morgan fingerprint density at radius 1 is 1.07 bits per heavy atom. The van der Waals surface area contributed by atoms with Gasteiger partial charge in [-0.2, -0.15) is 0 Å². The lowest BCUT2D eigenvalue weighted by Crippen LogP contribution is -2.34. The second-order valence-electron chi connectivity index (χ2n) is 11.5. The van der Waals surface area contributed by atoms with Gasteiger partial charge in [0.25, 0.3) is 0 Å². The maximum Gasteiger partial charge on any atom is 0.246 e.